The van der Waals surface area contributed by atoms with Gasteiger partial charge in [0.05, 0.1) is 0 Å². The Morgan fingerprint density at radius 2 is 1.91 bits per heavy atom. The van der Waals surface area contributed by atoms with Gasteiger partial charge in [-0.15, -0.1) is 0 Å². The van der Waals surface area contributed by atoms with Crippen LogP contribution in [0.5, 0.6) is 0 Å². The third-order valence-corrected chi connectivity index (χ3v) is 9.47. The third-order valence-electron chi connectivity index (χ3n) is 9.47. The van der Waals surface area contributed by atoms with Gasteiger partial charge in [0.1, 0.15) is 11.4 Å². The molecule has 3 N–H and O–H groups in total. The minimum absolute atomic E-state index is 0.0467. The smallest absolute Gasteiger partial charge is 0.306 e. The number of carbonyl (C=O) groups is 4. The summed E-state index contributed by atoms with van der Waals surface area (Å²) in [5.74, 6) is -0.761. The maximum absolute atomic E-state index is 13.6. The molecule has 4 rings (SSSR count). The van der Waals surface area contributed by atoms with Crippen molar-refractivity contribution in [1.82, 2.24) is 0 Å². The summed E-state index contributed by atoms with van der Waals surface area (Å²) in [5.41, 5.74) is 3.69. The number of aliphatic hydroxyl groups is 1. The van der Waals surface area contributed by atoms with Crippen LogP contribution < -0.4 is 5.73 Å². The Kier molecular flexibility index (Phi) is 6.42. The van der Waals surface area contributed by atoms with Crippen LogP contribution in [0.15, 0.2) is 11.6 Å². The van der Waals surface area contributed by atoms with Gasteiger partial charge in [-0.2, -0.15) is 0 Å². The first kappa shape index (κ1) is 24.3. The van der Waals surface area contributed by atoms with Crippen LogP contribution in [0.4, 0.5) is 0 Å². The van der Waals surface area contributed by atoms with Gasteiger partial charge in [0.2, 0.25) is 5.78 Å². The maximum Gasteiger partial charge on any atom is 0.306 e. The fraction of sp³-hybridized carbons (Fsp3) is 0.769. The van der Waals surface area contributed by atoms with E-state index in [1.807, 2.05) is 6.92 Å². The minimum Gasteiger partial charge on any atom is -0.458 e. The Morgan fingerprint density at radius 1 is 1.15 bits per heavy atom. The van der Waals surface area contributed by atoms with Crippen molar-refractivity contribution in [2.24, 2.45) is 34.3 Å². The zero-order valence-electron chi connectivity index (χ0n) is 19.9. The summed E-state index contributed by atoms with van der Waals surface area (Å²) in [4.78, 5) is 50.7. The molecule has 0 aromatic carbocycles. The highest BCUT2D eigenvalue weighted by Gasteiger charge is 2.68. The zero-order chi connectivity index (χ0) is 24.0. The van der Waals surface area contributed by atoms with Gasteiger partial charge < -0.3 is 15.6 Å². The van der Waals surface area contributed by atoms with Gasteiger partial charge in [0.25, 0.3) is 0 Å². The average Bonchev–Trinajstić information content (AvgIpc) is 3.03. The van der Waals surface area contributed by atoms with Crippen LogP contribution in [0.2, 0.25) is 0 Å². The van der Waals surface area contributed by atoms with Gasteiger partial charge in [-0.25, -0.2) is 0 Å². The van der Waals surface area contributed by atoms with Crippen molar-refractivity contribution in [2.75, 3.05) is 13.2 Å². The molecule has 0 bridgehead atoms. The van der Waals surface area contributed by atoms with E-state index in [1.165, 1.54) is 0 Å². The zero-order valence-corrected chi connectivity index (χ0v) is 19.9. The number of unbranched alkanes of at least 4 members (excludes halogenated alkanes) is 1. The number of ether oxygens (including phenoxy) is 1. The van der Waals surface area contributed by atoms with Crippen LogP contribution in [-0.2, 0) is 23.9 Å². The Hall–Kier alpha value is -1.86. The molecule has 7 nitrogen and oxygen atoms in total. The number of fused-ring (bicyclic) bond motifs is 5. The van der Waals surface area contributed by atoms with E-state index >= 15 is 0 Å². The topological polar surface area (TPSA) is 124 Å². The molecule has 0 aromatic rings. The van der Waals surface area contributed by atoms with Gasteiger partial charge in [0.15, 0.2) is 12.4 Å². The van der Waals surface area contributed by atoms with Gasteiger partial charge in [-0.3, -0.25) is 19.2 Å². The van der Waals surface area contributed by atoms with E-state index in [0.717, 1.165) is 18.4 Å². The summed E-state index contributed by atoms with van der Waals surface area (Å²) in [5, 5.41) is 11.6. The number of carbonyl (C=O) groups excluding carboxylic acids is 4. The SMILES string of the molecule is C[C@]12CCC(=O)C=C1CC[C@@H]1[C@@H]2C(=O)C[C@@]2(C)[C@H]1CC[C@]2(O)C(=O)COC(=O)CCCCN. The van der Waals surface area contributed by atoms with Gasteiger partial charge in [0, 0.05) is 30.6 Å². The van der Waals surface area contributed by atoms with Crippen molar-refractivity contribution in [3.63, 3.8) is 0 Å². The number of Topliss-reactive ketones (excluding diaryl/α,β-unsaturated/α-hetero) is 2. The van der Waals surface area contributed by atoms with Crippen molar-refractivity contribution in [3.8, 4) is 0 Å². The monoisotopic (exact) mass is 459 g/mol. The van der Waals surface area contributed by atoms with E-state index in [1.54, 1.807) is 6.08 Å². The van der Waals surface area contributed by atoms with Crippen LogP contribution in [0.25, 0.3) is 0 Å². The number of ketones is 3. The largest absolute Gasteiger partial charge is 0.458 e. The molecule has 0 unspecified atom stereocenters. The third kappa shape index (κ3) is 3.81. The fourth-order valence-corrected chi connectivity index (χ4v) is 7.60. The molecule has 182 valence electrons. The molecule has 0 radical (unpaired) electrons. The predicted octanol–water partition coefficient (Wildman–Crippen LogP) is 2.67. The molecule has 0 saturated heterocycles. The Balaban J connectivity index is 1.52. The van der Waals surface area contributed by atoms with Crippen LogP contribution in [0.1, 0.15) is 78.1 Å². The predicted molar refractivity (Wildman–Crippen MR) is 121 cm³/mol. The second-order valence-electron chi connectivity index (χ2n) is 11.1. The molecule has 3 fully saturated rings. The van der Waals surface area contributed by atoms with E-state index < -0.39 is 29.4 Å². The van der Waals surface area contributed by atoms with Gasteiger partial charge >= 0.3 is 5.97 Å². The summed E-state index contributed by atoms with van der Waals surface area (Å²) < 4.78 is 5.17. The number of allylic oxidation sites excluding steroid dienone is 1. The lowest BCUT2D eigenvalue weighted by molar-refractivity contribution is -0.173. The summed E-state index contributed by atoms with van der Waals surface area (Å²) in [6.07, 6.45) is 7.11. The quantitative estimate of drug-likeness (QED) is 0.443. The molecular weight excluding hydrogens is 422 g/mol. The number of esters is 1. The lowest BCUT2D eigenvalue weighted by atomic mass is 9.46. The molecule has 0 amide bonds. The molecule has 0 heterocycles. The molecule has 0 aliphatic heterocycles. The maximum atomic E-state index is 13.6. The second-order valence-corrected chi connectivity index (χ2v) is 11.1. The summed E-state index contributed by atoms with van der Waals surface area (Å²) >= 11 is 0. The normalized spacial score (nSPS) is 39.9. The Morgan fingerprint density at radius 3 is 2.64 bits per heavy atom. The van der Waals surface area contributed by atoms with Crippen LogP contribution >= 0.6 is 0 Å². The fourth-order valence-electron chi connectivity index (χ4n) is 7.60. The number of hydrogen-bond acceptors (Lipinski definition) is 7. The highest BCUT2D eigenvalue weighted by atomic mass is 16.5. The van der Waals surface area contributed by atoms with Crippen molar-refractivity contribution in [1.29, 1.82) is 0 Å². The van der Waals surface area contributed by atoms with E-state index in [2.05, 4.69) is 6.92 Å². The first-order valence-corrected chi connectivity index (χ1v) is 12.4. The second kappa shape index (κ2) is 8.73. The first-order chi connectivity index (χ1) is 15.6. The molecule has 33 heavy (non-hydrogen) atoms. The number of rotatable bonds is 7. The van der Waals surface area contributed by atoms with Crippen molar-refractivity contribution in [3.05, 3.63) is 11.6 Å². The first-order valence-electron chi connectivity index (χ1n) is 12.4. The van der Waals surface area contributed by atoms with Crippen molar-refractivity contribution < 1.29 is 29.0 Å². The lowest BCUT2D eigenvalue weighted by Gasteiger charge is -2.57. The molecule has 0 spiro atoms. The van der Waals surface area contributed by atoms with Crippen LogP contribution in [0.3, 0.4) is 0 Å². The van der Waals surface area contributed by atoms with E-state index in [0.29, 0.717) is 38.6 Å². The van der Waals surface area contributed by atoms with E-state index in [4.69, 9.17) is 10.5 Å². The summed E-state index contributed by atoms with van der Waals surface area (Å²) in [7, 11) is 0. The lowest BCUT2D eigenvalue weighted by Crippen LogP contribution is -2.61. The highest BCUT2D eigenvalue weighted by Crippen LogP contribution is 2.66. The molecular formula is C26H37NO6. The van der Waals surface area contributed by atoms with Crippen LogP contribution in [-0.4, -0.2) is 47.2 Å². The van der Waals surface area contributed by atoms with E-state index in [-0.39, 0.29) is 54.0 Å². The minimum atomic E-state index is -1.67. The Bertz CT molecular complexity index is 895. The number of hydrogen-bond donors (Lipinski definition) is 2. The van der Waals surface area contributed by atoms with Crippen molar-refractivity contribution >= 4 is 23.3 Å². The molecule has 4 aliphatic rings. The number of nitrogens with two attached hydrogens (primary N) is 1. The van der Waals surface area contributed by atoms with Crippen molar-refractivity contribution in [2.45, 2.75) is 83.7 Å². The van der Waals surface area contributed by atoms with Gasteiger partial charge in [-0.1, -0.05) is 19.4 Å². The average molecular weight is 460 g/mol. The highest BCUT2D eigenvalue weighted by molar-refractivity contribution is 5.95. The molecule has 0 aromatic heterocycles. The molecule has 7 heteroatoms. The standard InChI is InChI=1S/C26H37NO6/c1-24-10-8-17(28)13-16(24)6-7-18-19-9-11-26(32,25(19,2)14-20(29)23(18)24)21(30)15-33-22(31)5-3-4-12-27/h13,18-19,23,32H,3-12,14-15,27H2,1-2H3/t18-,19-,23+,24-,25-,26-/m0/s1. The summed E-state index contributed by atoms with van der Waals surface area (Å²) in [6.45, 7) is 4.03. The molecule has 3 saturated carbocycles. The molecule has 4 aliphatic carbocycles. The summed E-state index contributed by atoms with van der Waals surface area (Å²) in [6, 6.07) is 0. The van der Waals surface area contributed by atoms with E-state index in [9.17, 15) is 24.3 Å². The molecule has 6 atom stereocenters. The van der Waals surface area contributed by atoms with Crippen LogP contribution in [0, 0.1) is 28.6 Å². The van der Waals surface area contributed by atoms with Gasteiger partial charge in [-0.05, 0) is 74.8 Å². The Labute approximate surface area is 195 Å².